The van der Waals surface area contributed by atoms with Gasteiger partial charge in [-0.3, -0.25) is 19.2 Å². The highest BCUT2D eigenvalue weighted by Gasteiger charge is 2.75. The molecule has 0 unspecified atom stereocenters. The molecule has 4 aliphatic rings. The van der Waals surface area contributed by atoms with Crippen LogP contribution in [-0.4, -0.2) is 101 Å². The Kier molecular flexibility index (Phi) is 11.1. The van der Waals surface area contributed by atoms with Crippen LogP contribution in [0.5, 0.6) is 0 Å². The molecule has 292 valence electrons. The van der Waals surface area contributed by atoms with E-state index in [4.69, 9.17) is 12.2 Å². The van der Waals surface area contributed by atoms with Crippen LogP contribution in [-0.2, 0) is 23.7 Å². The number of carbonyl (C=O) groups is 4. The molecule has 2 aromatic heterocycles. The van der Waals surface area contributed by atoms with Gasteiger partial charge in [0.2, 0.25) is 0 Å². The number of amides is 2. The molecule has 4 aliphatic carbocycles. The number of aliphatic hydroxyl groups is 2. The van der Waals surface area contributed by atoms with Crippen molar-refractivity contribution in [3.8, 4) is 0 Å². The molecule has 13 nitrogen and oxygen atoms in total. The van der Waals surface area contributed by atoms with Crippen LogP contribution < -0.4 is 21.3 Å². The van der Waals surface area contributed by atoms with Crippen molar-refractivity contribution in [1.29, 1.82) is 0 Å². The predicted octanol–water partition coefficient (Wildman–Crippen LogP) is 2.86. The molecule has 3 fully saturated rings. The Morgan fingerprint density at radius 1 is 1.09 bits per heavy atom. The smallest absolute Gasteiger partial charge is 0.291 e. The number of aryl methyl sites for hydroxylation is 2. The number of hydrogen-bond donors (Lipinski definition) is 6. The highest BCUT2D eigenvalue weighted by atomic mass is 32.2. The summed E-state index contributed by atoms with van der Waals surface area (Å²) in [5.41, 5.74) is -4.34. The molecule has 0 radical (unpaired) electrons. The van der Waals surface area contributed by atoms with Gasteiger partial charge in [-0.1, -0.05) is 25.5 Å². The van der Waals surface area contributed by atoms with Crippen molar-refractivity contribution >= 4 is 58.2 Å². The molecule has 6 rings (SSSR count). The number of imidazole rings is 1. The van der Waals surface area contributed by atoms with Crippen molar-refractivity contribution < 1.29 is 33.8 Å². The van der Waals surface area contributed by atoms with Gasteiger partial charge in [-0.25, -0.2) is 9.37 Å². The molecule has 54 heavy (non-hydrogen) atoms. The third-order valence-electron chi connectivity index (χ3n) is 12.6. The fourth-order valence-corrected chi connectivity index (χ4v) is 10.8. The standard InChI is InChI=1S/C38H50FN7O6S2/c1-22-16-27-26-7-6-23-17-25(47)8-9-35(23,2)37(26,39)29(48)19-36(27,3)38(22,52)30(49)21-54-15-13-43-34(53)42-11-10-41-32(50)28-18-24(20-46(28)5)44-33(51)31-40-12-14-45(31)4/h8-9,12,14,17-18,20,22,26-27,29,48,52H,6-7,10-11,13,15-16,19,21H2,1-5H3,(H,41,50)(H,44,51)(H2,42,43,53)/t22-,26+,27+,29+,35+,36+,37+,38+/m1/s1. The number of nitrogens with one attached hydrogen (secondary N) is 4. The van der Waals surface area contributed by atoms with E-state index in [-0.39, 0.29) is 53.8 Å². The van der Waals surface area contributed by atoms with Gasteiger partial charge in [0, 0.05) is 74.8 Å². The number of fused-ring (bicyclic) bond motifs is 5. The zero-order valence-corrected chi connectivity index (χ0v) is 32.9. The summed E-state index contributed by atoms with van der Waals surface area (Å²) in [6, 6.07) is 1.58. The first-order valence-electron chi connectivity index (χ1n) is 18.4. The lowest BCUT2D eigenvalue weighted by Gasteiger charge is -2.62. The maximum Gasteiger partial charge on any atom is 0.291 e. The number of carbonyl (C=O) groups excluding carboxylic acids is 4. The number of Topliss-reactive ketones (excluding diaryl/α,β-unsaturated/α-hetero) is 1. The summed E-state index contributed by atoms with van der Waals surface area (Å²) in [7, 11) is 3.42. The number of allylic oxidation sites excluding steroid dienone is 4. The van der Waals surface area contributed by atoms with Crippen LogP contribution in [0.2, 0.25) is 0 Å². The molecule has 6 N–H and O–H groups in total. The number of anilines is 1. The second-order valence-corrected chi connectivity index (χ2v) is 17.1. The van der Waals surface area contributed by atoms with Gasteiger partial charge in [-0.15, -0.1) is 0 Å². The van der Waals surface area contributed by atoms with Crippen LogP contribution in [0.15, 0.2) is 48.5 Å². The van der Waals surface area contributed by atoms with Crippen molar-refractivity contribution in [2.45, 2.75) is 63.8 Å². The van der Waals surface area contributed by atoms with Crippen LogP contribution in [0.3, 0.4) is 0 Å². The molecule has 8 atom stereocenters. The minimum Gasteiger partial charge on any atom is -0.390 e. The number of thioether (sulfide) groups is 1. The molecule has 2 heterocycles. The first kappa shape index (κ1) is 39.8. The molecule has 3 saturated carbocycles. The average Bonchev–Trinajstić information content (AvgIpc) is 3.78. The van der Waals surface area contributed by atoms with E-state index in [1.54, 1.807) is 54.7 Å². The van der Waals surface area contributed by atoms with Crippen LogP contribution in [0.1, 0.15) is 67.6 Å². The lowest BCUT2D eigenvalue weighted by atomic mass is 9.44. The lowest BCUT2D eigenvalue weighted by Crippen LogP contribution is -2.69. The van der Waals surface area contributed by atoms with Crippen LogP contribution >= 0.6 is 24.0 Å². The second kappa shape index (κ2) is 15.0. The van der Waals surface area contributed by atoms with E-state index >= 15 is 4.39 Å². The molecular weight excluding hydrogens is 734 g/mol. The van der Waals surface area contributed by atoms with Gasteiger partial charge in [0.15, 0.2) is 28.2 Å². The summed E-state index contributed by atoms with van der Waals surface area (Å²) in [5.74, 6) is -1.66. The van der Waals surface area contributed by atoms with Crippen molar-refractivity contribution in [3.63, 3.8) is 0 Å². The zero-order valence-electron chi connectivity index (χ0n) is 31.3. The quantitative estimate of drug-likeness (QED) is 0.138. The Bertz CT molecular complexity index is 1910. The van der Waals surface area contributed by atoms with Gasteiger partial charge in [0.05, 0.1) is 17.5 Å². The Labute approximate surface area is 324 Å². The van der Waals surface area contributed by atoms with Crippen molar-refractivity contribution in [1.82, 2.24) is 30.1 Å². The fourth-order valence-electron chi connectivity index (χ4n) is 9.79. The summed E-state index contributed by atoms with van der Waals surface area (Å²) in [4.78, 5) is 55.2. The van der Waals surface area contributed by atoms with E-state index in [0.717, 1.165) is 0 Å². The number of alkyl halides is 1. The van der Waals surface area contributed by atoms with Gasteiger partial charge in [0.25, 0.3) is 11.8 Å². The maximum absolute atomic E-state index is 17.4. The summed E-state index contributed by atoms with van der Waals surface area (Å²) in [6.07, 6.45) is 9.32. The molecule has 0 saturated heterocycles. The summed E-state index contributed by atoms with van der Waals surface area (Å²) in [6.45, 7) is 6.55. The molecule has 16 heteroatoms. The topological polar surface area (TPSA) is 180 Å². The lowest BCUT2D eigenvalue weighted by molar-refractivity contribution is -0.218. The summed E-state index contributed by atoms with van der Waals surface area (Å²) >= 11 is 6.74. The number of nitrogens with zero attached hydrogens (tertiary/aromatic N) is 3. The van der Waals surface area contributed by atoms with Crippen LogP contribution in [0, 0.1) is 28.6 Å². The molecular formula is C38H50FN7O6S2. The van der Waals surface area contributed by atoms with Crippen molar-refractivity contribution in [3.05, 3.63) is 60.0 Å². The summed E-state index contributed by atoms with van der Waals surface area (Å²) < 4.78 is 20.6. The Hall–Kier alpha value is -3.86. The van der Waals surface area contributed by atoms with E-state index in [1.807, 2.05) is 13.8 Å². The van der Waals surface area contributed by atoms with Gasteiger partial charge in [-0.2, -0.15) is 11.8 Å². The number of halogens is 1. The normalized spacial score (nSPS) is 32.5. The van der Waals surface area contributed by atoms with Crippen LogP contribution in [0.4, 0.5) is 10.1 Å². The summed E-state index contributed by atoms with van der Waals surface area (Å²) in [5, 5.41) is 35.9. The van der Waals surface area contributed by atoms with E-state index in [2.05, 4.69) is 26.3 Å². The number of aromatic nitrogens is 3. The first-order chi connectivity index (χ1) is 25.5. The third kappa shape index (κ3) is 6.62. The molecule has 0 aromatic carbocycles. The van der Waals surface area contributed by atoms with Crippen molar-refractivity contribution in [2.75, 3.05) is 36.5 Å². The Morgan fingerprint density at radius 2 is 1.81 bits per heavy atom. The maximum atomic E-state index is 17.4. The number of hydrogen-bond acceptors (Lipinski definition) is 9. The molecule has 0 spiro atoms. The molecule has 0 aliphatic heterocycles. The third-order valence-corrected chi connectivity index (χ3v) is 13.9. The monoisotopic (exact) mass is 783 g/mol. The molecule has 2 amide bonds. The van der Waals surface area contributed by atoms with Gasteiger partial charge < -0.3 is 40.6 Å². The average molecular weight is 784 g/mol. The number of aliphatic hydroxyl groups excluding tert-OH is 1. The number of rotatable bonds is 12. The van der Waals surface area contributed by atoms with E-state index in [1.165, 1.54) is 30.1 Å². The first-order valence-corrected chi connectivity index (χ1v) is 19.9. The molecule has 2 aromatic rings. The largest absolute Gasteiger partial charge is 0.390 e. The van der Waals surface area contributed by atoms with E-state index in [0.29, 0.717) is 60.2 Å². The van der Waals surface area contributed by atoms with Gasteiger partial charge in [0.1, 0.15) is 11.3 Å². The van der Waals surface area contributed by atoms with Gasteiger partial charge in [-0.05, 0) is 74.9 Å². The zero-order chi connectivity index (χ0) is 39.2. The Morgan fingerprint density at radius 3 is 2.54 bits per heavy atom. The van der Waals surface area contributed by atoms with Crippen LogP contribution in [0.25, 0.3) is 0 Å². The Balaban J connectivity index is 0.933. The fraction of sp³-hybridized carbons (Fsp3) is 0.579. The van der Waals surface area contributed by atoms with E-state index < -0.39 is 40.0 Å². The highest BCUT2D eigenvalue weighted by Crippen LogP contribution is 2.70. The minimum atomic E-state index is -2.02. The second-order valence-electron chi connectivity index (χ2n) is 15.6. The molecule has 0 bridgehead atoms. The minimum absolute atomic E-state index is 0.0500. The van der Waals surface area contributed by atoms with E-state index in [9.17, 15) is 29.4 Å². The van der Waals surface area contributed by atoms with Gasteiger partial charge >= 0.3 is 0 Å². The predicted molar refractivity (Wildman–Crippen MR) is 208 cm³/mol. The highest BCUT2D eigenvalue weighted by molar-refractivity contribution is 8.00. The van der Waals surface area contributed by atoms with Crippen molar-refractivity contribution in [2.24, 2.45) is 42.7 Å². The number of ketones is 2. The SMILES string of the molecule is C[C@@H]1C[C@H]2[C@@H]3CCC4=CC(=O)C=C[C@]4(C)[C@@]3(F)[C@@H](O)C[C@]2(C)[C@@]1(O)C(=O)CSCCNC(=S)NCCNC(=O)c1cc(NC(=O)c2nccn2C)cn1C. The number of thiocarbonyl (C=S) groups is 1.